The fraction of sp³-hybridized carbons (Fsp3) is 0. The van der Waals surface area contributed by atoms with Crippen molar-refractivity contribution in [1.82, 2.24) is 24.5 Å². The molecule has 0 fully saturated rings. The fourth-order valence-electron chi connectivity index (χ4n) is 1.44. The molecule has 15 heavy (non-hydrogen) atoms. The summed E-state index contributed by atoms with van der Waals surface area (Å²) in [5.74, 6) is 0. The summed E-state index contributed by atoms with van der Waals surface area (Å²) in [6.07, 6.45) is 8.46. The quantitative estimate of drug-likeness (QED) is 0.588. The van der Waals surface area contributed by atoms with Crippen LogP contribution >= 0.6 is 0 Å². The highest BCUT2D eigenvalue weighted by Crippen LogP contribution is 2.12. The summed E-state index contributed by atoms with van der Waals surface area (Å²) >= 11 is 0. The van der Waals surface area contributed by atoms with Crippen LogP contribution in [0.2, 0.25) is 0 Å². The number of nitrogens with zero attached hydrogens (tertiary/aromatic N) is 5. The maximum Gasteiger partial charge on any atom is 0.197 e. The number of aromatic nitrogens is 5. The van der Waals surface area contributed by atoms with E-state index in [-0.39, 0.29) is 0 Å². The molecule has 0 radical (unpaired) electrons. The van der Waals surface area contributed by atoms with Gasteiger partial charge in [-0.3, -0.25) is 9.55 Å². The van der Waals surface area contributed by atoms with Crippen molar-refractivity contribution in [3.63, 3.8) is 0 Å². The maximum absolute atomic E-state index is 4.23. The van der Waals surface area contributed by atoms with Crippen LogP contribution in [0.5, 0.6) is 0 Å². The minimum atomic E-state index is 0.640. The molecule has 3 aromatic heterocycles. The third-order valence-electron chi connectivity index (χ3n) is 2.11. The van der Waals surface area contributed by atoms with Crippen LogP contribution in [0.1, 0.15) is 0 Å². The normalized spacial score (nSPS) is 10.7. The van der Waals surface area contributed by atoms with Gasteiger partial charge in [-0.05, 0) is 12.1 Å². The van der Waals surface area contributed by atoms with Gasteiger partial charge < -0.3 is 0 Å². The van der Waals surface area contributed by atoms with Crippen LogP contribution in [-0.2, 0) is 0 Å². The second kappa shape index (κ2) is 3.13. The van der Waals surface area contributed by atoms with Crippen LogP contribution in [0.3, 0.4) is 0 Å². The Morgan fingerprint density at radius 1 is 1.00 bits per heavy atom. The summed E-state index contributed by atoms with van der Waals surface area (Å²) in [7, 11) is 0. The highest BCUT2D eigenvalue weighted by atomic mass is 15.1. The maximum atomic E-state index is 4.23. The first-order valence-electron chi connectivity index (χ1n) is 4.49. The molecule has 72 valence electrons. The molecule has 0 aliphatic rings. The molecule has 0 unspecified atom stereocenters. The van der Waals surface area contributed by atoms with E-state index in [1.807, 2.05) is 16.7 Å². The molecule has 0 spiro atoms. The molecule has 0 aliphatic carbocycles. The molecule has 0 aliphatic heterocycles. The average Bonchev–Trinajstić information content (AvgIpc) is 2.74. The molecule has 3 heterocycles. The Morgan fingerprint density at radius 3 is 2.80 bits per heavy atom. The van der Waals surface area contributed by atoms with E-state index in [9.17, 15) is 0 Å². The summed E-state index contributed by atoms with van der Waals surface area (Å²) in [6, 6.07) is 3.82. The number of hydrogen-bond donors (Lipinski definition) is 0. The van der Waals surface area contributed by atoms with E-state index < -0.39 is 0 Å². The van der Waals surface area contributed by atoms with E-state index >= 15 is 0 Å². The predicted octanol–water partition coefficient (Wildman–Crippen LogP) is 1.21. The second-order valence-corrected chi connectivity index (χ2v) is 3.03. The highest BCUT2D eigenvalue weighted by molar-refractivity contribution is 5.67. The molecule has 0 saturated heterocycles. The standard InChI is InChI=1S/C10H7N5/c1-2-8(6-11-3-1)15-7-14-9-10(15)13-5-4-12-9/h1-7H. The molecular weight excluding hydrogens is 190 g/mol. The lowest BCUT2D eigenvalue weighted by atomic mass is 10.4. The van der Waals surface area contributed by atoms with Crippen molar-refractivity contribution >= 4 is 11.3 Å². The molecule has 0 N–H and O–H groups in total. The van der Waals surface area contributed by atoms with E-state index in [2.05, 4.69) is 19.9 Å². The van der Waals surface area contributed by atoms with Crippen LogP contribution in [0.25, 0.3) is 17.0 Å². The molecular formula is C10H7N5. The van der Waals surface area contributed by atoms with Gasteiger partial charge in [0.05, 0.1) is 11.9 Å². The number of hydrogen-bond acceptors (Lipinski definition) is 4. The molecule has 3 aromatic rings. The smallest absolute Gasteiger partial charge is 0.197 e. The molecule has 0 saturated carbocycles. The van der Waals surface area contributed by atoms with Gasteiger partial charge in [0, 0.05) is 18.6 Å². The zero-order chi connectivity index (χ0) is 10.1. The minimum absolute atomic E-state index is 0.640. The van der Waals surface area contributed by atoms with E-state index in [0.29, 0.717) is 5.65 Å². The van der Waals surface area contributed by atoms with E-state index in [1.54, 1.807) is 31.1 Å². The Labute approximate surface area is 85.5 Å². The van der Waals surface area contributed by atoms with Gasteiger partial charge >= 0.3 is 0 Å². The van der Waals surface area contributed by atoms with Crippen LogP contribution < -0.4 is 0 Å². The van der Waals surface area contributed by atoms with Gasteiger partial charge in [0.15, 0.2) is 11.3 Å². The van der Waals surface area contributed by atoms with Gasteiger partial charge in [0.2, 0.25) is 0 Å². The monoisotopic (exact) mass is 197 g/mol. The Balaban J connectivity index is 2.28. The first kappa shape index (κ1) is 8.05. The summed E-state index contributed by atoms with van der Waals surface area (Å²) < 4.78 is 1.86. The number of imidazole rings is 1. The minimum Gasteiger partial charge on any atom is -0.280 e. The van der Waals surface area contributed by atoms with E-state index in [4.69, 9.17) is 0 Å². The summed E-state index contributed by atoms with van der Waals surface area (Å²) in [6.45, 7) is 0. The lowest BCUT2D eigenvalue weighted by molar-refractivity contribution is 1.05. The van der Waals surface area contributed by atoms with Gasteiger partial charge in [-0.1, -0.05) is 0 Å². The fourth-order valence-corrected chi connectivity index (χ4v) is 1.44. The zero-order valence-electron chi connectivity index (χ0n) is 7.78. The Morgan fingerprint density at radius 2 is 1.93 bits per heavy atom. The van der Waals surface area contributed by atoms with Gasteiger partial charge in [0.25, 0.3) is 0 Å². The van der Waals surface area contributed by atoms with Crippen LogP contribution in [0.15, 0.2) is 43.2 Å². The van der Waals surface area contributed by atoms with Crippen molar-refractivity contribution in [2.24, 2.45) is 0 Å². The Hall–Kier alpha value is -2.30. The highest BCUT2D eigenvalue weighted by Gasteiger charge is 2.05. The van der Waals surface area contributed by atoms with Crippen molar-refractivity contribution in [2.45, 2.75) is 0 Å². The molecule has 0 amide bonds. The Kier molecular flexibility index (Phi) is 1.68. The van der Waals surface area contributed by atoms with Crippen molar-refractivity contribution in [1.29, 1.82) is 0 Å². The lowest BCUT2D eigenvalue weighted by Gasteiger charge is -2.00. The summed E-state index contributed by atoms with van der Waals surface area (Å²) in [5.41, 5.74) is 2.31. The van der Waals surface area contributed by atoms with E-state index in [1.165, 1.54) is 0 Å². The largest absolute Gasteiger partial charge is 0.280 e. The average molecular weight is 197 g/mol. The molecule has 0 aromatic carbocycles. The Bertz CT molecular complexity index is 587. The van der Waals surface area contributed by atoms with Crippen molar-refractivity contribution < 1.29 is 0 Å². The molecule has 0 bridgehead atoms. The second-order valence-electron chi connectivity index (χ2n) is 3.03. The van der Waals surface area contributed by atoms with Crippen molar-refractivity contribution in [3.8, 4) is 5.69 Å². The summed E-state index contributed by atoms with van der Waals surface area (Å²) in [4.78, 5) is 16.5. The zero-order valence-corrected chi connectivity index (χ0v) is 7.78. The third kappa shape index (κ3) is 1.25. The first-order chi connectivity index (χ1) is 7.45. The molecule has 5 heteroatoms. The van der Waals surface area contributed by atoms with Crippen LogP contribution in [0.4, 0.5) is 0 Å². The summed E-state index contributed by atoms with van der Waals surface area (Å²) in [5, 5.41) is 0. The van der Waals surface area contributed by atoms with Gasteiger partial charge in [-0.2, -0.15) is 0 Å². The molecule has 3 rings (SSSR count). The SMILES string of the molecule is c1cncc(-n2cnc3nccnc32)c1. The van der Waals surface area contributed by atoms with E-state index in [0.717, 1.165) is 11.3 Å². The van der Waals surface area contributed by atoms with Crippen molar-refractivity contribution in [3.05, 3.63) is 43.2 Å². The van der Waals surface area contributed by atoms with Crippen LogP contribution in [0, 0.1) is 0 Å². The number of fused-ring (bicyclic) bond motifs is 1. The lowest BCUT2D eigenvalue weighted by Crippen LogP contribution is -1.94. The van der Waals surface area contributed by atoms with Crippen LogP contribution in [-0.4, -0.2) is 24.5 Å². The van der Waals surface area contributed by atoms with Crippen molar-refractivity contribution in [2.75, 3.05) is 0 Å². The predicted molar refractivity (Wildman–Crippen MR) is 54.5 cm³/mol. The van der Waals surface area contributed by atoms with Gasteiger partial charge in [-0.25, -0.2) is 15.0 Å². The number of rotatable bonds is 1. The number of pyridine rings is 1. The molecule has 5 nitrogen and oxygen atoms in total. The van der Waals surface area contributed by atoms with Gasteiger partial charge in [-0.15, -0.1) is 0 Å². The molecule has 0 atom stereocenters. The third-order valence-corrected chi connectivity index (χ3v) is 2.11. The first-order valence-corrected chi connectivity index (χ1v) is 4.49. The topological polar surface area (TPSA) is 56.5 Å². The van der Waals surface area contributed by atoms with Gasteiger partial charge in [0.1, 0.15) is 6.33 Å².